The zero-order valence-electron chi connectivity index (χ0n) is 31.3. The van der Waals surface area contributed by atoms with Gasteiger partial charge in [0.1, 0.15) is 0 Å². The van der Waals surface area contributed by atoms with Crippen molar-refractivity contribution in [2.75, 3.05) is 4.90 Å². The fourth-order valence-corrected chi connectivity index (χ4v) is 8.89. The Hall–Kier alpha value is -7.48. The van der Waals surface area contributed by atoms with E-state index >= 15 is 0 Å². The maximum atomic E-state index is 2.45. The molecule has 0 heterocycles. The lowest BCUT2D eigenvalue weighted by atomic mass is 9.92. The minimum atomic E-state index is 1.10. The fraction of sp³-hybridized carbons (Fsp3) is 0. The van der Waals surface area contributed by atoms with Gasteiger partial charge in [-0.05, 0) is 124 Å². The van der Waals surface area contributed by atoms with Crippen LogP contribution in [-0.4, -0.2) is 0 Å². The minimum Gasteiger partial charge on any atom is -0.310 e. The summed E-state index contributed by atoms with van der Waals surface area (Å²) in [4.78, 5) is 2.45. The van der Waals surface area contributed by atoms with Gasteiger partial charge in [-0.1, -0.05) is 182 Å². The van der Waals surface area contributed by atoms with E-state index in [-0.39, 0.29) is 0 Å². The Morgan fingerprint density at radius 1 is 0.246 bits per heavy atom. The summed E-state index contributed by atoms with van der Waals surface area (Å²) in [5.41, 5.74) is 10.6. The van der Waals surface area contributed by atoms with E-state index in [9.17, 15) is 0 Å². The van der Waals surface area contributed by atoms with Crippen LogP contribution < -0.4 is 4.90 Å². The molecule has 0 saturated carbocycles. The van der Waals surface area contributed by atoms with E-state index in [1.807, 2.05) is 0 Å². The normalized spacial score (nSPS) is 11.5. The lowest BCUT2D eigenvalue weighted by Gasteiger charge is -2.28. The van der Waals surface area contributed by atoms with Crippen molar-refractivity contribution in [2.24, 2.45) is 0 Å². The van der Waals surface area contributed by atoms with E-state index < -0.39 is 0 Å². The highest BCUT2D eigenvalue weighted by atomic mass is 15.1. The van der Waals surface area contributed by atoms with Crippen molar-refractivity contribution in [2.45, 2.75) is 0 Å². The highest BCUT2D eigenvalue weighted by molar-refractivity contribution is 6.28. The fourth-order valence-electron chi connectivity index (χ4n) is 8.89. The molecule has 57 heavy (non-hydrogen) atoms. The average molecular weight is 724 g/mol. The number of nitrogens with zero attached hydrogens (tertiary/aromatic N) is 1. The molecule has 0 radical (unpaired) electrons. The third-order valence-electron chi connectivity index (χ3n) is 11.6. The Balaban J connectivity index is 1.09. The molecule has 1 nitrogen and oxygen atoms in total. The van der Waals surface area contributed by atoms with Gasteiger partial charge in [-0.2, -0.15) is 0 Å². The van der Waals surface area contributed by atoms with E-state index in [0.29, 0.717) is 0 Å². The lowest BCUT2D eigenvalue weighted by molar-refractivity contribution is 1.30. The maximum absolute atomic E-state index is 2.45. The molecule has 0 aliphatic carbocycles. The summed E-state index contributed by atoms with van der Waals surface area (Å²) in [7, 11) is 0. The van der Waals surface area contributed by atoms with Gasteiger partial charge in [0.2, 0.25) is 0 Å². The number of rotatable bonds is 6. The van der Waals surface area contributed by atoms with Gasteiger partial charge in [-0.15, -0.1) is 0 Å². The topological polar surface area (TPSA) is 3.24 Å². The van der Waals surface area contributed by atoms with Crippen molar-refractivity contribution in [1.82, 2.24) is 0 Å². The van der Waals surface area contributed by atoms with Crippen molar-refractivity contribution in [3.05, 3.63) is 224 Å². The standard InChI is InChI=1S/C56H37N/c1-2-15-41-36-44(30-29-38(41)13-1)43-18-9-17-42(35-43)39-31-33-46(34-32-39)57(47-20-10-19-45(37-47)49-26-11-16-40-14-3-4-21-48(40)49)55-28-12-27-54-52-23-6-5-22-50(52)51-24-7-8-25-53(51)56(54)55/h1-37H. The number of hydrogen-bond acceptors (Lipinski definition) is 1. The van der Waals surface area contributed by atoms with Crippen LogP contribution in [0.4, 0.5) is 17.1 Å². The molecule has 0 N–H and O–H groups in total. The van der Waals surface area contributed by atoms with E-state index in [4.69, 9.17) is 0 Å². The second-order valence-electron chi connectivity index (χ2n) is 14.9. The Bertz CT molecular complexity index is 3250. The number of fused-ring (bicyclic) bond motifs is 8. The van der Waals surface area contributed by atoms with E-state index in [0.717, 1.165) is 17.1 Å². The number of anilines is 3. The molecule has 0 spiro atoms. The zero-order valence-corrected chi connectivity index (χ0v) is 31.3. The molecule has 0 amide bonds. The molecule has 0 aliphatic rings. The first-order valence-electron chi connectivity index (χ1n) is 19.7. The van der Waals surface area contributed by atoms with Gasteiger partial charge in [0.15, 0.2) is 0 Å². The SMILES string of the molecule is c1cc(-c2ccc(N(c3cccc(-c4cccc5ccccc45)c3)c3cccc4c5ccccc5c5ccccc5c34)cc2)cc(-c2ccc3ccccc3c2)c1. The van der Waals surface area contributed by atoms with Gasteiger partial charge in [0.25, 0.3) is 0 Å². The summed E-state index contributed by atoms with van der Waals surface area (Å²) < 4.78 is 0. The smallest absolute Gasteiger partial charge is 0.0546 e. The van der Waals surface area contributed by atoms with Crippen LogP contribution in [0.1, 0.15) is 0 Å². The van der Waals surface area contributed by atoms with E-state index in [2.05, 4.69) is 229 Å². The molecule has 11 aromatic carbocycles. The molecule has 0 fully saturated rings. The highest BCUT2D eigenvalue weighted by Crippen LogP contribution is 2.46. The average Bonchev–Trinajstić information content (AvgIpc) is 3.29. The molecular formula is C56H37N. The summed E-state index contributed by atoms with van der Waals surface area (Å²) in [6.07, 6.45) is 0. The molecule has 11 rings (SSSR count). The second-order valence-corrected chi connectivity index (χ2v) is 14.9. The largest absolute Gasteiger partial charge is 0.310 e. The predicted octanol–water partition coefficient (Wildman–Crippen LogP) is 15.9. The third-order valence-corrected chi connectivity index (χ3v) is 11.6. The van der Waals surface area contributed by atoms with Crippen LogP contribution in [0, 0.1) is 0 Å². The molecule has 0 unspecified atom stereocenters. The van der Waals surface area contributed by atoms with Crippen LogP contribution in [0.3, 0.4) is 0 Å². The molecule has 0 atom stereocenters. The molecular weight excluding hydrogens is 687 g/mol. The van der Waals surface area contributed by atoms with Crippen LogP contribution in [0.15, 0.2) is 224 Å². The van der Waals surface area contributed by atoms with E-state index in [1.54, 1.807) is 0 Å². The molecule has 0 aromatic heterocycles. The number of benzene rings is 11. The second kappa shape index (κ2) is 13.7. The van der Waals surface area contributed by atoms with Crippen LogP contribution >= 0.6 is 0 Å². The minimum absolute atomic E-state index is 1.10. The zero-order chi connectivity index (χ0) is 37.7. The van der Waals surface area contributed by atoms with Crippen molar-refractivity contribution in [3.8, 4) is 33.4 Å². The summed E-state index contributed by atoms with van der Waals surface area (Å²) in [5, 5.41) is 12.5. The lowest BCUT2D eigenvalue weighted by Crippen LogP contribution is -2.11. The quantitative estimate of drug-likeness (QED) is 0.154. The monoisotopic (exact) mass is 723 g/mol. The molecule has 0 bridgehead atoms. The molecule has 0 saturated heterocycles. The maximum Gasteiger partial charge on any atom is 0.0546 e. The highest BCUT2D eigenvalue weighted by Gasteiger charge is 2.20. The van der Waals surface area contributed by atoms with E-state index in [1.165, 1.54) is 87.2 Å². The summed E-state index contributed by atoms with van der Waals surface area (Å²) in [6, 6.07) is 82.1. The Kier molecular flexibility index (Phi) is 7.89. The third kappa shape index (κ3) is 5.72. The van der Waals surface area contributed by atoms with Gasteiger partial charge in [-0.3, -0.25) is 0 Å². The molecule has 0 aliphatic heterocycles. The van der Waals surface area contributed by atoms with Gasteiger partial charge in [0.05, 0.1) is 5.69 Å². The van der Waals surface area contributed by atoms with Gasteiger partial charge in [0, 0.05) is 16.8 Å². The molecule has 266 valence electrons. The van der Waals surface area contributed by atoms with Gasteiger partial charge < -0.3 is 4.90 Å². The Morgan fingerprint density at radius 2 is 0.754 bits per heavy atom. The number of hydrogen-bond donors (Lipinski definition) is 0. The first kappa shape index (κ1) is 32.9. The van der Waals surface area contributed by atoms with Crippen LogP contribution in [-0.2, 0) is 0 Å². The van der Waals surface area contributed by atoms with Gasteiger partial charge in [-0.25, -0.2) is 0 Å². The Morgan fingerprint density at radius 3 is 1.53 bits per heavy atom. The Labute approximate surface area is 332 Å². The van der Waals surface area contributed by atoms with Crippen molar-refractivity contribution in [3.63, 3.8) is 0 Å². The molecule has 1 heteroatoms. The summed E-state index contributed by atoms with van der Waals surface area (Å²) in [6.45, 7) is 0. The van der Waals surface area contributed by atoms with Crippen molar-refractivity contribution >= 4 is 70.9 Å². The first-order valence-corrected chi connectivity index (χ1v) is 19.7. The summed E-state index contributed by atoms with van der Waals surface area (Å²) >= 11 is 0. The molecule has 11 aromatic rings. The van der Waals surface area contributed by atoms with Crippen molar-refractivity contribution < 1.29 is 0 Å². The van der Waals surface area contributed by atoms with Crippen LogP contribution in [0.25, 0.3) is 87.2 Å². The van der Waals surface area contributed by atoms with Gasteiger partial charge >= 0.3 is 0 Å². The summed E-state index contributed by atoms with van der Waals surface area (Å²) in [5.74, 6) is 0. The van der Waals surface area contributed by atoms with Crippen LogP contribution in [0.2, 0.25) is 0 Å². The predicted molar refractivity (Wildman–Crippen MR) is 245 cm³/mol. The van der Waals surface area contributed by atoms with Crippen molar-refractivity contribution in [1.29, 1.82) is 0 Å². The van der Waals surface area contributed by atoms with Crippen LogP contribution in [0.5, 0.6) is 0 Å². The first-order chi connectivity index (χ1) is 28.3.